The Labute approximate surface area is 163 Å². The number of ether oxygens (including phenoxy) is 2. The van der Waals surface area contributed by atoms with E-state index in [4.69, 9.17) is 21.7 Å². The Hall–Kier alpha value is -2.93. The van der Waals surface area contributed by atoms with Gasteiger partial charge in [-0.05, 0) is 86.1 Å². The highest BCUT2D eigenvalue weighted by Gasteiger charge is 2.07. The van der Waals surface area contributed by atoms with E-state index in [-0.39, 0.29) is 6.61 Å². The van der Waals surface area contributed by atoms with Gasteiger partial charge in [-0.25, -0.2) is 5.10 Å². The molecule has 3 aromatic rings. The summed E-state index contributed by atoms with van der Waals surface area (Å²) in [5, 5.41) is 11.4. The molecule has 140 valence electrons. The minimum atomic E-state index is 0.261. The third-order valence-electron chi connectivity index (χ3n) is 3.79. The second-order valence-corrected chi connectivity index (χ2v) is 6.50. The lowest BCUT2D eigenvalue weighted by atomic mass is 10.1. The van der Waals surface area contributed by atoms with Crippen molar-refractivity contribution >= 4 is 18.4 Å². The molecule has 27 heavy (non-hydrogen) atoms. The molecule has 1 heterocycles. The van der Waals surface area contributed by atoms with Crippen molar-refractivity contribution in [3.05, 3.63) is 69.8 Å². The van der Waals surface area contributed by atoms with Gasteiger partial charge in [0.2, 0.25) is 4.77 Å². The summed E-state index contributed by atoms with van der Waals surface area (Å²) in [4.78, 5) is 0. The molecule has 0 spiro atoms. The maximum Gasteiger partial charge on any atom is 0.216 e. The molecule has 3 rings (SSSR count). The predicted octanol–water partition coefficient (Wildman–Crippen LogP) is 4.42. The average Bonchev–Trinajstić information content (AvgIpc) is 2.99. The van der Waals surface area contributed by atoms with Gasteiger partial charge < -0.3 is 9.47 Å². The molecular formula is C20H22N4O2S. The van der Waals surface area contributed by atoms with Gasteiger partial charge in [-0.3, -0.25) is 0 Å². The highest BCUT2D eigenvalue weighted by Crippen LogP contribution is 2.17. The molecular weight excluding hydrogens is 360 g/mol. The number of nitrogens with one attached hydrogen (secondary N) is 1. The number of hydrogen-bond donors (Lipinski definition) is 1. The molecule has 0 atom stereocenters. The van der Waals surface area contributed by atoms with E-state index in [9.17, 15) is 0 Å². The van der Waals surface area contributed by atoms with Crippen molar-refractivity contribution in [2.75, 3.05) is 6.61 Å². The lowest BCUT2D eigenvalue weighted by Crippen LogP contribution is -2.04. The fourth-order valence-electron chi connectivity index (χ4n) is 2.64. The summed E-state index contributed by atoms with van der Waals surface area (Å²) < 4.78 is 13.3. The molecule has 0 saturated heterocycles. The van der Waals surface area contributed by atoms with Crippen LogP contribution < -0.4 is 9.47 Å². The van der Waals surface area contributed by atoms with Crippen LogP contribution in [0.5, 0.6) is 11.5 Å². The van der Waals surface area contributed by atoms with Crippen molar-refractivity contribution in [3.63, 3.8) is 0 Å². The Morgan fingerprint density at radius 3 is 2.44 bits per heavy atom. The van der Waals surface area contributed by atoms with Crippen LogP contribution >= 0.6 is 12.2 Å². The number of aryl methyl sites for hydroxylation is 2. The topological polar surface area (TPSA) is 64.4 Å². The van der Waals surface area contributed by atoms with Crippen LogP contribution in [0.4, 0.5) is 0 Å². The summed E-state index contributed by atoms with van der Waals surface area (Å²) >= 11 is 5.27. The summed E-state index contributed by atoms with van der Waals surface area (Å²) in [6, 6.07) is 13.8. The normalized spacial score (nSPS) is 11.1. The summed E-state index contributed by atoms with van der Waals surface area (Å²) in [7, 11) is 0. The second kappa shape index (κ2) is 8.64. The molecule has 0 aliphatic rings. The first-order valence-electron chi connectivity index (χ1n) is 8.70. The number of H-pyrrole nitrogens is 1. The fourth-order valence-corrected chi connectivity index (χ4v) is 2.84. The van der Waals surface area contributed by atoms with E-state index in [0.717, 1.165) is 28.2 Å². The molecule has 7 heteroatoms. The maximum absolute atomic E-state index is 5.86. The Bertz CT molecular complexity index is 970. The van der Waals surface area contributed by atoms with Gasteiger partial charge in [-0.15, -0.1) is 0 Å². The molecule has 2 aromatic carbocycles. The number of aromatic nitrogens is 3. The Balaban J connectivity index is 1.73. The minimum Gasteiger partial charge on any atom is -0.494 e. The van der Waals surface area contributed by atoms with Crippen LogP contribution in [0.25, 0.3) is 0 Å². The molecule has 1 N–H and O–H groups in total. The summed E-state index contributed by atoms with van der Waals surface area (Å²) in [6.07, 6.45) is 1.72. The van der Waals surface area contributed by atoms with Gasteiger partial charge in [0.1, 0.15) is 18.1 Å². The van der Waals surface area contributed by atoms with Gasteiger partial charge in [0.05, 0.1) is 12.8 Å². The van der Waals surface area contributed by atoms with Gasteiger partial charge in [0, 0.05) is 0 Å². The molecule has 0 fully saturated rings. The van der Waals surface area contributed by atoms with E-state index in [1.807, 2.05) is 57.2 Å². The van der Waals surface area contributed by atoms with Crippen molar-refractivity contribution in [2.45, 2.75) is 27.4 Å². The maximum atomic E-state index is 5.86. The third kappa shape index (κ3) is 5.04. The monoisotopic (exact) mass is 382 g/mol. The molecule has 0 bridgehead atoms. The number of hydrogen-bond acceptors (Lipinski definition) is 5. The standard InChI is InChI=1S/C20H22N4O2S/c1-4-25-17-7-5-16(6-8-17)12-21-24-19(22-23-20(24)27)13-26-18-10-14(2)9-15(3)11-18/h5-12H,4,13H2,1-3H3,(H,23,27)/b21-12-. The number of nitrogens with zero attached hydrogens (tertiary/aromatic N) is 3. The molecule has 0 aliphatic carbocycles. The van der Waals surface area contributed by atoms with Gasteiger partial charge in [0.25, 0.3) is 0 Å². The van der Waals surface area contributed by atoms with Crippen molar-refractivity contribution < 1.29 is 9.47 Å². The van der Waals surface area contributed by atoms with Gasteiger partial charge >= 0.3 is 0 Å². The van der Waals surface area contributed by atoms with Crippen molar-refractivity contribution in [2.24, 2.45) is 5.10 Å². The average molecular weight is 382 g/mol. The van der Waals surface area contributed by atoms with Crippen LogP contribution in [-0.4, -0.2) is 27.7 Å². The Kier molecular flexibility index (Phi) is 6.03. The van der Waals surface area contributed by atoms with Gasteiger partial charge in [0.15, 0.2) is 5.82 Å². The molecule has 1 aromatic heterocycles. The van der Waals surface area contributed by atoms with E-state index in [2.05, 4.69) is 21.4 Å². The molecule has 0 unspecified atom stereocenters. The highest BCUT2D eigenvalue weighted by atomic mass is 32.1. The van der Waals surface area contributed by atoms with Crippen molar-refractivity contribution in [1.82, 2.24) is 14.9 Å². The van der Waals surface area contributed by atoms with E-state index < -0.39 is 0 Å². The predicted molar refractivity (Wildman–Crippen MR) is 108 cm³/mol. The summed E-state index contributed by atoms with van der Waals surface area (Å²) in [5.74, 6) is 2.22. The largest absolute Gasteiger partial charge is 0.494 e. The lowest BCUT2D eigenvalue weighted by molar-refractivity contribution is 0.290. The SMILES string of the molecule is CCOc1ccc(/C=N\n2c(COc3cc(C)cc(C)c3)n[nH]c2=S)cc1. The first-order chi connectivity index (χ1) is 13.0. The van der Waals surface area contributed by atoms with Crippen LogP contribution in [-0.2, 0) is 6.61 Å². The molecule has 6 nitrogen and oxygen atoms in total. The van der Waals surface area contributed by atoms with Crippen LogP contribution in [0.3, 0.4) is 0 Å². The second-order valence-electron chi connectivity index (χ2n) is 6.12. The Morgan fingerprint density at radius 2 is 1.78 bits per heavy atom. The number of benzene rings is 2. The van der Waals surface area contributed by atoms with E-state index >= 15 is 0 Å². The van der Waals surface area contributed by atoms with Gasteiger partial charge in [-0.1, -0.05) is 6.07 Å². The summed E-state index contributed by atoms with van der Waals surface area (Å²) in [5.41, 5.74) is 3.23. The molecule has 0 radical (unpaired) electrons. The quantitative estimate of drug-likeness (QED) is 0.485. The van der Waals surface area contributed by atoms with Gasteiger partial charge in [-0.2, -0.15) is 14.9 Å². The van der Waals surface area contributed by atoms with E-state index in [1.165, 1.54) is 0 Å². The molecule has 0 aliphatic heterocycles. The molecule has 0 amide bonds. The zero-order valence-corrected chi connectivity index (χ0v) is 16.4. The smallest absolute Gasteiger partial charge is 0.216 e. The highest BCUT2D eigenvalue weighted by molar-refractivity contribution is 7.71. The van der Waals surface area contributed by atoms with Crippen molar-refractivity contribution in [1.29, 1.82) is 0 Å². The minimum absolute atomic E-state index is 0.261. The third-order valence-corrected chi connectivity index (χ3v) is 4.06. The zero-order chi connectivity index (χ0) is 19.2. The van der Waals surface area contributed by atoms with E-state index in [0.29, 0.717) is 17.2 Å². The first-order valence-corrected chi connectivity index (χ1v) is 9.10. The Morgan fingerprint density at radius 1 is 1.07 bits per heavy atom. The zero-order valence-electron chi connectivity index (χ0n) is 15.6. The van der Waals surface area contributed by atoms with Crippen LogP contribution in [0.2, 0.25) is 0 Å². The first kappa shape index (κ1) is 18.8. The molecule has 0 saturated carbocycles. The van der Waals surface area contributed by atoms with Crippen molar-refractivity contribution in [3.8, 4) is 11.5 Å². The number of rotatable bonds is 7. The van der Waals surface area contributed by atoms with E-state index in [1.54, 1.807) is 10.9 Å². The van der Waals surface area contributed by atoms with Crippen LogP contribution in [0.15, 0.2) is 47.6 Å². The summed E-state index contributed by atoms with van der Waals surface area (Å²) in [6.45, 7) is 6.93. The van der Waals surface area contributed by atoms with Crippen LogP contribution in [0, 0.1) is 18.6 Å². The van der Waals surface area contributed by atoms with Crippen LogP contribution in [0.1, 0.15) is 29.4 Å². The lowest BCUT2D eigenvalue weighted by Gasteiger charge is -2.07. The fraction of sp³-hybridized carbons (Fsp3) is 0.250. The number of aromatic amines is 1.